The molecule has 0 bridgehead atoms. The highest BCUT2D eigenvalue weighted by Gasteiger charge is 2.41. The van der Waals surface area contributed by atoms with Gasteiger partial charge in [-0.3, -0.25) is 0 Å². The molecular weight excluding hydrogens is 796 g/mol. The van der Waals surface area contributed by atoms with E-state index in [2.05, 4.69) is 222 Å². The second-order valence-electron chi connectivity index (χ2n) is 16.4. The maximum absolute atomic E-state index is 15.5. The Morgan fingerprint density at radius 1 is 0.344 bits per heavy atom. The molecule has 3 nitrogen and oxygen atoms in total. The molecule has 64 heavy (non-hydrogen) atoms. The summed E-state index contributed by atoms with van der Waals surface area (Å²) < 4.78 is 17.9. The highest BCUT2D eigenvalue weighted by atomic mass is 31.2. The van der Waals surface area contributed by atoms with Crippen molar-refractivity contribution >= 4 is 61.9 Å². The van der Waals surface area contributed by atoms with Gasteiger partial charge in [-0.2, -0.15) is 0 Å². The molecule has 1 aromatic heterocycles. The van der Waals surface area contributed by atoms with Crippen LogP contribution in [0.25, 0.3) is 72.0 Å². The molecule has 0 saturated carbocycles. The van der Waals surface area contributed by atoms with Gasteiger partial charge >= 0.3 is 0 Å². The Kier molecular flexibility index (Phi) is 9.11. The number of anilines is 3. The van der Waals surface area contributed by atoms with Gasteiger partial charge in [-0.1, -0.05) is 188 Å². The maximum atomic E-state index is 15.5. The summed E-state index contributed by atoms with van der Waals surface area (Å²) in [6.45, 7) is 0. The van der Waals surface area contributed by atoms with Gasteiger partial charge in [0.15, 0.2) is 7.14 Å². The van der Waals surface area contributed by atoms with Gasteiger partial charge in [0.2, 0.25) is 0 Å². The Bertz CT molecular complexity index is 3440. The largest absolute Gasteiger partial charge is 0.311 e. The Hall–Kier alpha value is -7.97. The number of hydrogen-bond donors (Lipinski definition) is 0. The summed E-state index contributed by atoms with van der Waals surface area (Å²) >= 11 is 0. The first-order valence-corrected chi connectivity index (χ1v) is 23.5. The molecular formula is C60H41N2OP. The monoisotopic (exact) mass is 836 g/mol. The number of aromatic nitrogens is 1. The number of rotatable bonds is 8. The van der Waals surface area contributed by atoms with E-state index >= 15 is 4.57 Å². The fourth-order valence-corrected chi connectivity index (χ4v) is 12.8. The molecule has 11 aromatic rings. The fraction of sp³-hybridized carbons (Fsp3) is 0. The normalized spacial score (nSPS) is 14.1. The molecule has 10 aromatic carbocycles. The first-order chi connectivity index (χ1) is 31.6. The fourth-order valence-electron chi connectivity index (χ4n) is 9.77. The summed E-state index contributed by atoms with van der Waals surface area (Å²) in [7, 11) is -3.11. The molecule has 0 radical (unpaired) electrons. The van der Waals surface area contributed by atoms with E-state index in [-0.39, 0.29) is 0 Å². The van der Waals surface area contributed by atoms with E-state index in [1.54, 1.807) is 0 Å². The molecule has 0 spiro atoms. The standard InChI is InChI=1S/C60H41N2OP/c63-64(52-18-8-3-9-19-52)57-23-13-11-21-55(57)59-58(64)41-40-54-53-20-10-12-22-56(53)62(60(54)59)51-38-30-47(31-39-51)46-28-36-50(37-29-46)61(48-32-24-44(25-33-48)42-14-4-1-5-15-42)49-34-26-45(27-35-49)43-16-6-2-7-17-43/h1-41H. The Balaban J connectivity index is 0.927. The molecule has 1 aliphatic heterocycles. The van der Waals surface area contributed by atoms with Crippen LogP contribution < -0.4 is 20.8 Å². The molecule has 2 heterocycles. The minimum atomic E-state index is -3.11. The lowest BCUT2D eigenvalue weighted by Gasteiger charge is -2.26. The SMILES string of the molecule is O=P1(c2ccccc2)c2ccccc2-c2c1ccc1c3ccccc3n(-c3ccc(-c4ccc(N(c5ccc(-c6ccccc6)cc5)c5ccc(-c6ccccc6)cc5)cc4)cc3)c21. The van der Waals surface area contributed by atoms with Crippen LogP contribution in [0.5, 0.6) is 0 Å². The van der Waals surface area contributed by atoms with E-state index in [9.17, 15) is 0 Å². The van der Waals surface area contributed by atoms with Gasteiger partial charge in [-0.05, 0) is 99.6 Å². The second kappa shape index (κ2) is 15.4. The quantitative estimate of drug-likeness (QED) is 0.142. The third-order valence-corrected chi connectivity index (χ3v) is 16.0. The molecule has 0 N–H and O–H groups in total. The van der Waals surface area contributed by atoms with E-state index in [1.807, 2.05) is 36.4 Å². The van der Waals surface area contributed by atoms with Crippen LogP contribution >= 0.6 is 7.14 Å². The summed E-state index contributed by atoms with van der Waals surface area (Å²) in [5, 5.41) is 5.00. The first-order valence-electron chi connectivity index (χ1n) is 21.8. The number of fused-ring (bicyclic) bond motifs is 7. The van der Waals surface area contributed by atoms with Crippen LogP contribution in [-0.4, -0.2) is 4.57 Å². The van der Waals surface area contributed by atoms with Crippen molar-refractivity contribution in [2.75, 3.05) is 4.90 Å². The van der Waals surface area contributed by atoms with Crippen molar-refractivity contribution in [1.29, 1.82) is 0 Å². The van der Waals surface area contributed by atoms with Crippen molar-refractivity contribution in [2.24, 2.45) is 0 Å². The van der Waals surface area contributed by atoms with Crippen molar-refractivity contribution < 1.29 is 4.57 Å². The van der Waals surface area contributed by atoms with Gasteiger partial charge in [0.05, 0.1) is 11.0 Å². The van der Waals surface area contributed by atoms with Crippen LogP contribution in [0.3, 0.4) is 0 Å². The van der Waals surface area contributed by atoms with Crippen molar-refractivity contribution in [1.82, 2.24) is 4.57 Å². The number of benzene rings is 10. The van der Waals surface area contributed by atoms with Gasteiger partial charge in [-0.25, -0.2) is 0 Å². The molecule has 1 aliphatic rings. The van der Waals surface area contributed by atoms with Crippen molar-refractivity contribution in [3.05, 3.63) is 249 Å². The van der Waals surface area contributed by atoms with Gasteiger partial charge < -0.3 is 14.0 Å². The molecule has 12 rings (SSSR count). The molecule has 1 unspecified atom stereocenters. The van der Waals surface area contributed by atoms with E-state index < -0.39 is 7.14 Å². The average Bonchev–Trinajstić information content (AvgIpc) is 3.85. The predicted octanol–water partition coefficient (Wildman–Crippen LogP) is 14.9. The van der Waals surface area contributed by atoms with Crippen LogP contribution in [0.15, 0.2) is 249 Å². The van der Waals surface area contributed by atoms with Gasteiger partial charge in [0.1, 0.15) is 0 Å². The third kappa shape index (κ3) is 6.16. The van der Waals surface area contributed by atoms with Crippen molar-refractivity contribution in [2.45, 2.75) is 0 Å². The zero-order valence-corrected chi connectivity index (χ0v) is 35.8. The molecule has 302 valence electrons. The summed E-state index contributed by atoms with van der Waals surface area (Å²) in [4.78, 5) is 2.33. The topological polar surface area (TPSA) is 25.2 Å². The average molecular weight is 837 g/mol. The number of para-hydroxylation sites is 1. The minimum Gasteiger partial charge on any atom is -0.311 e. The number of hydrogen-bond acceptors (Lipinski definition) is 2. The summed E-state index contributed by atoms with van der Waals surface area (Å²) in [5.74, 6) is 0. The van der Waals surface area contributed by atoms with E-state index in [1.165, 1.54) is 27.6 Å². The van der Waals surface area contributed by atoms with Crippen molar-refractivity contribution in [3.8, 4) is 50.2 Å². The second-order valence-corrected chi connectivity index (χ2v) is 19.1. The Morgan fingerprint density at radius 3 is 1.33 bits per heavy atom. The van der Waals surface area contributed by atoms with Gasteiger partial charge in [0, 0.05) is 55.0 Å². The lowest BCUT2D eigenvalue weighted by molar-refractivity contribution is 0.593. The molecule has 0 fully saturated rings. The van der Waals surface area contributed by atoms with Crippen LogP contribution in [0.4, 0.5) is 17.1 Å². The Labute approximate surface area is 373 Å². The highest BCUT2D eigenvalue weighted by molar-refractivity contribution is 7.86. The van der Waals surface area contributed by atoms with Crippen LogP contribution in [-0.2, 0) is 4.57 Å². The zero-order chi connectivity index (χ0) is 42.6. The maximum Gasteiger partial charge on any atom is 0.172 e. The highest BCUT2D eigenvalue weighted by Crippen LogP contribution is 2.55. The van der Waals surface area contributed by atoms with Crippen molar-refractivity contribution in [3.63, 3.8) is 0 Å². The molecule has 0 amide bonds. The van der Waals surface area contributed by atoms with Crippen LogP contribution in [0.1, 0.15) is 0 Å². The molecule has 0 saturated heterocycles. The minimum absolute atomic E-state index is 0.864. The lowest BCUT2D eigenvalue weighted by atomic mass is 10.0. The first kappa shape index (κ1) is 37.8. The number of nitrogens with zero attached hydrogens (tertiary/aromatic N) is 2. The van der Waals surface area contributed by atoms with E-state index in [4.69, 9.17) is 0 Å². The predicted molar refractivity (Wildman–Crippen MR) is 270 cm³/mol. The summed E-state index contributed by atoms with van der Waals surface area (Å²) in [5.41, 5.74) is 15.7. The molecule has 1 atom stereocenters. The molecule has 4 heteroatoms. The van der Waals surface area contributed by atoms with Gasteiger partial charge in [0.25, 0.3) is 0 Å². The van der Waals surface area contributed by atoms with Crippen LogP contribution in [0.2, 0.25) is 0 Å². The Morgan fingerprint density at radius 2 is 0.781 bits per heavy atom. The van der Waals surface area contributed by atoms with Gasteiger partial charge in [-0.15, -0.1) is 0 Å². The third-order valence-electron chi connectivity index (χ3n) is 12.8. The van der Waals surface area contributed by atoms with E-state index in [0.29, 0.717) is 0 Å². The van der Waals surface area contributed by atoms with E-state index in [0.717, 1.165) is 77.3 Å². The zero-order valence-electron chi connectivity index (χ0n) is 34.9. The lowest BCUT2D eigenvalue weighted by Crippen LogP contribution is -2.20. The summed E-state index contributed by atoms with van der Waals surface area (Å²) in [6.07, 6.45) is 0. The smallest absolute Gasteiger partial charge is 0.172 e. The molecule has 0 aliphatic carbocycles. The van der Waals surface area contributed by atoms with Crippen LogP contribution in [0, 0.1) is 0 Å². The summed E-state index contributed by atoms with van der Waals surface area (Å²) in [6, 6.07) is 87.7.